The van der Waals surface area contributed by atoms with Crippen LogP contribution >= 0.6 is 0 Å². The molecule has 0 aromatic heterocycles. The van der Waals surface area contributed by atoms with E-state index in [1.165, 1.54) is 0 Å². The Bertz CT molecular complexity index is 254. The smallest absolute Gasteiger partial charge is 0.261 e. The molecule has 0 rings (SSSR count). The molecule has 0 saturated heterocycles. The fourth-order valence-corrected chi connectivity index (χ4v) is 0.0492. The Morgan fingerprint density at radius 2 is 2.00 bits per heavy atom. The summed E-state index contributed by atoms with van der Waals surface area (Å²) in [6, 6.07) is 0. The maximum Gasteiger partial charge on any atom is 0.261 e. The van der Waals surface area contributed by atoms with E-state index < -0.39 is 16.1 Å². The van der Waals surface area contributed by atoms with Gasteiger partial charge in [0.25, 0.3) is 10.1 Å². The van der Waals surface area contributed by atoms with E-state index in [0.717, 1.165) is 6.08 Å². The third kappa shape index (κ3) is 129. The zero-order valence-corrected chi connectivity index (χ0v) is 6.42. The lowest BCUT2D eigenvalue weighted by Gasteiger charge is -1.69. The molecule has 7 nitrogen and oxygen atoms in total. The second-order valence-corrected chi connectivity index (χ2v) is 2.79. The highest BCUT2D eigenvalue weighted by atomic mass is 32.2. The molecule has 0 aliphatic rings. The number of rotatable bonds is 0. The van der Waals surface area contributed by atoms with Gasteiger partial charge in [-0.15, -0.1) is 4.99 Å². The zero-order chi connectivity index (χ0) is 9.49. The number of hydrogen-bond acceptors (Lipinski definition) is 4. The molecule has 0 fully saturated rings. The molecule has 0 atom stereocenters. The van der Waals surface area contributed by atoms with Crippen LogP contribution in [0.15, 0.2) is 4.99 Å². The summed E-state index contributed by atoms with van der Waals surface area (Å²) in [6.45, 7) is 0. The summed E-state index contributed by atoms with van der Waals surface area (Å²) in [5, 5.41) is 6.24. The third-order valence-corrected chi connectivity index (χ3v) is 0.166. The predicted molar refractivity (Wildman–Crippen MR) is 37.5 cm³/mol. The van der Waals surface area contributed by atoms with Crippen LogP contribution in [-0.4, -0.2) is 31.3 Å². The number of hydrogen-bond donors (Lipinski definition) is 3. The molecule has 0 aromatic rings. The van der Waals surface area contributed by atoms with Crippen LogP contribution in [0.4, 0.5) is 0 Å². The Morgan fingerprint density at radius 3 is 2.00 bits per heavy atom. The molecular formula is C3H7N3O4S. The van der Waals surface area contributed by atoms with E-state index in [4.69, 9.17) is 14.8 Å². The van der Waals surface area contributed by atoms with Crippen LogP contribution in [0.5, 0.6) is 0 Å². The highest BCUT2D eigenvalue weighted by molar-refractivity contribution is 7.85. The molecule has 0 aromatic carbocycles. The Labute approximate surface area is 63.2 Å². The normalized spacial score (nSPS) is 8.55. The van der Waals surface area contributed by atoms with Crippen molar-refractivity contribution in [3.05, 3.63) is 0 Å². The van der Waals surface area contributed by atoms with Gasteiger partial charge in [0, 0.05) is 0 Å². The van der Waals surface area contributed by atoms with E-state index in [0.29, 0.717) is 6.26 Å². The molecule has 0 radical (unpaired) electrons. The number of guanidine groups is 1. The van der Waals surface area contributed by atoms with Crippen LogP contribution in [0.2, 0.25) is 0 Å². The van der Waals surface area contributed by atoms with Gasteiger partial charge < -0.3 is 5.73 Å². The molecule has 0 heterocycles. The highest BCUT2D eigenvalue weighted by Gasteiger charge is 1.81. The fourth-order valence-electron chi connectivity index (χ4n) is 0.0492. The van der Waals surface area contributed by atoms with Gasteiger partial charge >= 0.3 is 0 Å². The summed E-state index contributed by atoms with van der Waals surface area (Å²) in [7, 11) is -3.67. The van der Waals surface area contributed by atoms with Crippen molar-refractivity contribution < 1.29 is 17.8 Å². The van der Waals surface area contributed by atoms with Crippen LogP contribution in [0.1, 0.15) is 0 Å². The van der Waals surface area contributed by atoms with E-state index in [2.05, 4.69) is 10.7 Å². The molecule has 0 saturated carbocycles. The van der Waals surface area contributed by atoms with E-state index in [9.17, 15) is 8.42 Å². The van der Waals surface area contributed by atoms with Crippen LogP contribution in [0, 0.1) is 5.41 Å². The zero-order valence-electron chi connectivity index (χ0n) is 5.60. The minimum absolute atomic E-state index is 0.509. The Hall–Kier alpha value is -1.24. The molecule has 0 unspecified atom stereocenters. The lowest BCUT2D eigenvalue weighted by molar-refractivity contribution is 0.490. The van der Waals surface area contributed by atoms with Crippen molar-refractivity contribution in [3.63, 3.8) is 0 Å². The molecule has 0 amide bonds. The second kappa shape index (κ2) is 5.54. The second-order valence-electron chi connectivity index (χ2n) is 1.32. The Kier molecular flexibility index (Phi) is 6.26. The van der Waals surface area contributed by atoms with E-state index in [-0.39, 0.29) is 0 Å². The Morgan fingerprint density at radius 1 is 1.73 bits per heavy atom. The number of carbonyl (C=O) groups excluding carboxylic acids is 1. The van der Waals surface area contributed by atoms with Crippen molar-refractivity contribution in [1.82, 2.24) is 0 Å². The Balaban J connectivity index is 0. The average Bonchev–Trinajstić information content (AvgIpc) is 1.58. The van der Waals surface area contributed by atoms with Gasteiger partial charge in [0.05, 0.1) is 6.26 Å². The molecule has 4 N–H and O–H groups in total. The van der Waals surface area contributed by atoms with Crippen LogP contribution < -0.4 is 5.73 Å². The van der Waals surface area contributed by atoms with Gasteiger partial charge in [-0.3, -0.25) is 9.96 Å². The van der Waals surface area contributed by atoms with Crippen LogP contribution in [0.25, 0.3) is 0 Å². The van der Waals surface area contributed by atoms with Crippen molar-refractivity contribution in [2.75, 3.05) is 6.26 Å². The van der Waals surface area contributed by atoms with Gasteiger partial charge in [0.1, 0.15) is 0 Å². The first-order valence-corrected chi connectivity index (χ1v) is 3.96. The summed E-state index contributed by atoms with van der Waals surface area (Å²) in [5.41, 5.74) is 4.56. The first-order valence-electron chi connectivity index (χ1n) is 2.11. The first kappa shape index (κ1) is 12.4. The average molecular weight is 181 g/mol. The standard InChI is InChI=1S/C2H3N3O.CH4O3S/c3-2(4)5-1-6;1-5(2,3)4/h(H3,3,4);1H3,(H,2,3,4). The van der Waals surface area contributed by atoms with Gasteiger partial charge in [-0.2, -0.15) is 8.42 Å². The monoisotopic (exact) mass is 181 g/mol. The number of nitrogens with two attached hydrogens (primary N) is 1. The van der Waals surface area contributed by atoms with Gasteiger partial charge in [-0.25, -0.2) is 4.79 Å². The molecule has 0 bridgehead atoms. The van der Waals surface area contributed by atoms with Crippen molar-refractivity contribution in [2.45, 2.75) is 0 Å². The molecule has 0 aliphatic heterocycles. The van der Waals surface area contributed by atoms with E-state index in [1.807, 2.05) is 0 Å². The van der Waals surface area contributed by atoms with Gasteiger partial charge in [-0.05, 0) is 0 Å². The predicted octanol–water partition coefficient (Wildman–Crippen LogP) is -1.28. The number of nitrogens with one attached hydrogen (secondary N) is 1. The minimum Gasteiger partial charge on any atom is -0.368 e. The van der Waals surface area contributed by atoms with Gasteiger partial charge in [0.15, 0.2) is 0 Å². The SMILES string of the molecule is CS(=O)(=O)O.N=C(N)N=C=O. The molecule has 0 spiro atoms. The molecule has 8 heteroatoms. The number of nitrogens with zero attached hydrogens (tertiary/aromatic N) is 1. The summed E-state index contributed by atoms with van der Waals surface area (Å²) in [4.78, 5) is 11.8. The third-order valence-electron chi connectivity index (χ3n) is 0.166. The molecular weight excluding hydrogens is 174 g/mol. The number of isocyanates is 1. The van der Waals surface area contributed by atoms with Crippen molar-refractivity contribution in [2.24, 2.45) is 10.7 Å². The number of aliphatic imine (C=N–C) groups is 1. The van der Waals surface area contributed by atoms with Crippen molar-refractivity contribution in [3.8, 4) is 0 Å². The van der Waals surface area contributed by atoms with Crippen LogP contribution in [-0.2, 0) is 14.9 Å². The minimum atomic E-state index is -3.67. The van der Waals surface area contributed by atoms with E-state index >= 15 is 0 Å². The van der Waals surface area contributed by atoms with Crippen molar-refractivity contribution in [1.29, 1.82) is 5.41 Å². The first-order chi connectivity index (χ1) is 4.77. The topological polar surface area (TPSA) is 134 Å². The fraction of sp³-hybridized carbons (Fsp3) is 0.333. The summed E-state index contributed by atoms with van der Waals surface area (Å²) in [6.07, 6.45) is 1.81. The lowest BCUT2D eigenvalue weighted by atomic mass is 11.1. The molecule has 0 aliphatic carbocycles. The maximum atomic E-state index is 9.19. The summed E-state index contributed by atoms with van der Waals surface area (Å²) in [5.74, 6) is -0.509. The molecule has 11 heavy (non-hydrogen) atoms. The van der Waals surface area contributed by atoms with Gasteiger partial charge in [-0.1, -0.05) is 0 Å². The van der Waals surface area contributed by atoms with Crippen molar-refractivity contribution >= 4 is 22.2 Å². The highest BCUT2D eigenvalue weighted by Crippen LogP contribution is 1.60. The quantitative estimate of drug-likeness (QED) is 0.185. The summed E-state index contributed by atoms with van der Waals surface area (Å²) < 4.78 is 25.9. The summed E-state index contributed by atoms with van der Waals surface area (Å²) >= 11 is 0. The van der Waals surface area contributed by atoms with Gasteiger partial charge in [0.2, 0.25) is 12.0 Å². The largest absolute Gasteiger partial charge is 0.368 e. The van der Waals surface area contributed by atoms with Crippen LogP contribution in [0.3, 0.4) is 0 Å². The molecule has 64 valence electrons. The van der Waals surface area contributed by atoms with E-state index in [1.54, 1.807) is 0 Å². The lowest BCUT2D eigenvalue weighted by Crippen LogP contribution is -2.03. The maximum absolute atomic E-state index is 9.19.